The number of hydrogen-bond donors (Lipinski definition) is 1. The lowest BCUT2D eigenvalue weighted by Crippen LogP contribution is -2.26. The minimum atomic E-state index is 0.653. The van der Waals surface area contributed by atoms with Gasteiger partial charge in [0.15, 0.2) is 0 Å². The van der Waals surface area contributed by atoms with E-state index in [4.69, 9.17) is 11.6 Å². The first-order valence-corrected chi connectivity index (χ1v) is 7.61. The lowest BCUT2D eigenvalue weighted by Gasteiger charge is -2.22. The molecule has 0 spiro atoms. The topological polar surface area (TPSA) is 28.2 Å². The molecule has 1 aliphatic rings. The largest absolute Gasteiger partial charge is 0.353 e. The lowest BCUT2D eigenvalue weighted by atomic mass is 10.2. The highest BCUT2D eigenvalue weighted by molar-refractivity contribution is 6.33. The van der Waals surface area contributed by atoms with E-state index in [0.29, 0.717) is 12.0 Å². The van der Waals surface area contributed by atoms with Crippen molar-refractivity contribution in [1.82, 2.24) is 10.3 Å². The van der Waals surface area contributed by atoms with Gasteiger partial charge in [-0.1, -0.05) is 25.4 Å². The number of pyridine rings is 1. The summed E-state index contributed by atoms with van der Waals surface area (Å²) < 4.78 is 0. The summed E-state index contributed by atoms with van der Waals surface area (Å²) in [6.45, 7) is 9.40. The second-order valence-electron chi connectivity index (χ2n) is 5.69. The molecule has 0 aromatic carbocycles. The van der Waals surface area contributed by atoms with Crippen molar-refractivity contribution in [3.63, 3.8) is 0 Å². The Hall–Kier alpha value is -0.800. The van der Waals surface area contributed by atoms with Gasteiger partial charge in [0, 0.05) is 25.3 Å². The van der Waals surface area contributed by atoms with E-state index >= 15 is 0 Å². The third kappa shape index (κ3) is 4.08. The van der Waals surface area contributed by atoms with Crippen LogP contribution in [0.5, 0.6) is 0 Å². The molecule has 0 bridgehead atoms. The van der Waals surface area contributed by atoms with Gasteiger partial charge in [-0.2, -0.15) is 0 Å². The van der Waals surface area contributed by atoms with Crippen LogP contribution < -0.4 is 10.2 Å². The van der Waals surface area contributed by atoms with Crippen molar-refractivity contribution in [1.29, 1.82) is 0 Å². The molecule has 19 heavy (non-hydrogen) atoms. The molecule has 1 saturated carbocycles. The Balaban J connectivity index is 1.99. The fourth-order valence-electron chi connectivity index (χ4n) is 2.25. The fourth-order valence-corrected chi connectivity index (χ4v) is 2.55. The Kier molecular flexibility index (Phi) is 5.06. The zero-order valence-electron chi connectivity index (χ0n) is 12.1. The van der Waals surface area contributed by atoms with Crippen LogP contribution in [0.2, 0.25) is 5.02 Å². The van der Waals surface area contributed by atoms with Gasteiger partial charge in [0.1, 0.15) is 5.82 Å². The van der Waals surface area contributed by atoms with Crippen LogP contribution in [0.25, 0.3) is 0 Å². The van der Waals surface area contributed by atoms with E-state index in [2.05, 4.69) is 36.0 Å². The highest BCUT2D eigenvalue weighted by Gasteiger charge is 2.29. The first-order valence-electron chi connectivity index (χ1n) is 7.23. The molecule has 0 unspecified atom stereocenters. The van der Waals surface area contributed by atoms with Gasteiger partial charge in [-0.3, -0.25) is 0 Å². The average Bonchev–Trinajstić information content (AvgIpc) is 3.17. The Morgan fingerprint density at radius 3 is 2.74 bits per heavy atom. The molecule has 1 N–H and O–H groups in total. The number of aromatic nitrogens is 1. The maximum absolute atomic E-state index is 6.38. The lowest BCUT2D eigenvalue weighted by molar-refractivity contribution is 0.552. The predicted octanol–water partition coefficient (Wildman–Crippen LogP) is 3.47. The number of halogens is 1. The predicted molar refractivity (Wildman–Crippen MR) is 81.8 cm³/mol. The van der Waals surface area contributed by atoms with Crippen molar-refractivity contribution in [3.8, 4) is 0 Å². The smallest absolute Gasteiger partial charge is 0.147 e. The number of anilines is 1. The second-order valence-corrected chi connectivity index (χ2v) is 6.10. The van der Waals surface area contributed by atoms with Gasteiger partial charge in [0.05, 0.1) is 5.02 Å². The normalized spacial score (nSPS) is 15.0. The number of rotatable bonds is 7. The summed E-state index contributed by atoms with van der Waals surface area (Å²) in [6, 6.07) is 2.70. The Bertz CT molecular complexity index is 416. The molecule has 1 aromatic rings. The van der Waals surface area contributed by atoms with E-state index in [1.807, 2.05) is 12.3 Å². The van der Waals surface area contributed by atoms with Gasteiger partial charge in [-0.25, -0.2) is 4.98 Å². The van der Waals surface area contributed by atoms with Crippen molar-refractivity contribution >= 4 is 17.4 Å². The average molecular weight is 282 g/mol. The van der Waals surface area contributed by atoms with E-state index in [-0.39, 0.29) is 0 Å². The highest BCUT2D eigenvalue weighted by Crippen LogP contribution is 2.34. The van der Waals surface area contributed by atoms with Crippen LogP contribution in [0.4, 0.5) is 5.82 Å². The zero-order valence-corrected chi connectivity index (χ0v) is 12.9. The minimum Gasteiger partial charge on any atom is -0.353 e. The van der Waals surface area contributed by atoms with Crippen molar-refractivity contribution in [2.24, 2.45) is 5.92 Å². The molecule has 106 valence electrons. The van der Waals surface area contributed by atoms with E-state index in [0.717, 1.165) is 36.0 Å². The Morgan fingerprint density at radius 2 is 2.21 bits per heavy atom. The minimum absolute atomic E-state index is 0.653. The summed E-state index contributed by atoms with van der Waals surface area (Å²) in [5.74, 6) is 1.60. The number of nitrogens with zero attached hydrogens (tertiary/aromatic N) is 2. The summed E-state index contributed by atoms with van der Waals surface area (Å²) in [5.41, 5.74) is 1.15. The molecule has 0 aliphatic heterocycles. The molecule has 1 fully saturated rings. The third-order valence-electron chi connectivity index (χ3n) is 3.36. The molecular weight excluding hydrogens is 258 g/mol. The van der Waals surface area contributed by atoms with Gasteiger partial charge >= 0.3 is 0 Å². The molecule has 0 atom stereocenters. The van der Waals surface area contributed by atoms with Gasteiger partial charge < -0.3 is 10.2 Å². The van der Waals surface area contributed by atoms with Crippen molar-refractivity contribution in [2.45, 2.75) is 46.2 Å². The standard InChI is InChI=1S/C15H24ClN3/c1-4-19(13-5-6-13)15-14(16)7-12(10-18-15)9-17-8-11(2)3/h7,10-11,13,17H,4-6,8-9H2,1-3H3. The SMILES string of the molecule is CCN(c1ncc(CNCC(C)C)cc1Cl)C1CC1. The van der Waals surface area contributed by atoms with Gasteiger partial charge in [0.2, 0.25) is 0 Å². The molecular formula is C15H24ClN3. The Morgan fingerprint density at radius 1 is 1.47 bits per heavy atom. The van der Waals surface area contributed by atoms with Crippen LogP contribution in [0.15, 0.2) is 12.3 Å². The molecule has 0 amide bonds. The zero-order chi connectivity index (χ0) is 13.8. The van der Waals surface area contributed by atoms with Crippen LogP contribution >= 0.6 is 11.6 Å². The maximum atomic E-state index is 6.38. The van der Waals surface area contributed by atoms with Crippen molar-refractivity contribution < 1.29 is 0 Å². The van der Waals surface area contributed by atoms with E-state index < -0.39 is 0 Å². The summed E-state index contributed by atoms with van der Waals surface area (Å²) >= 11 is 6.38. The van der Waals surface area contributed by atoms with Crippen LogP contribution in [-0.4, -0.2) is 24.1 Å². The van der Waals surface area contributed by atoms with Crippen molar-refractivity contribution in [2.75, 3.05) is 18.0 Å². The summed E-state index contributed by atoms with van der Waals surface area (Å²) in [5, 5.41) is 4.19. The first kappa shape index (κ1) is 14.6. The molecule has 1 aromatic heterocycles. The molecule has 4 heteroatoms. The monoisotopic (exact) mass is 281 g/mol. The summed E-state index contributed by atoms with van der Waals surface area (Å²) in [6.07, 6.45) is 4.48. The molecule has 1 aliphatic carbocycles. The number of nitrogens with one attached hydrogen (secondary N) is 1. The van der Waals surface area contributed by atoms with Gasteiger partial charge in [0.25, 0.3) is 0 Å². The van der Waals surface area contributed by atoms with Crippen molar-refractivity contribution in [3.05, 3.63) is 22.8 Å². The van der Waals surface area contributed by atoms with E-state index in [9.17, 15) is 0 Å². The van der Waals surface area contributed by atoms with Crippen LogP contribution in [0, 0.1) is 5.92 Å². The molecule has 3 nitrogen and oxygen atoms in total. The highest BCUT2D eigenvalue weighted by atomic mass is 35.5. The van der Waals surface area contributed by atoms with Crippen LogP contribution in [0.1, 0.15) is 39.2 Å². The second kappa shape index (κ2) is 6.58. The molecule has 2 rings (SSSR count). The summed E-state index contributed by atoms with van der Waals surface area (Å²) in [7, 11) is 0. The van der Waals surface area contributed by atoms with Crippen LogP contribution in [-0.2, 0) is 6.54 Å². The van der Waals surface area contributed by atoms with Gasteiger partial charge in [-0.05, 0) is 43.9 Å². The Labute approximate surface area is 121 Å². The third-order valence-corrected chi connectivity index (χ3v) is 3.64. The number of hydrogen-bond acceptors (Lipinski definition) is 3. The van der Waals surface area contributed by atoms with E-state index in [1.165, 1.54) is 12.8 Å². The van der Waals surface area contributed by atoms with E-state index in [1.54, 1.807) is 0 Å². The quantitative estimate of drug-likeness (QED) is 0.829. The molecule has 1 heterocycles. The first-order chi connectivity index (χ1) is 9.11. The van der Waals surface area contributed by atoms with Crippen LogP contribution in [0.3, 0.4) is 0 Å². The molecule has 0 saturated heterocycles. The van der Waals surface area contributed by atoms with Gasteiger partial charge in [-0.15, -0.1) is 0 Å². The summed E-state index contributed by atoms with van der Waals surface area (Å²) in [4.78, 5) is 6.88. The fraction of sp³-hybridized carbons (Fsp3) is 0.667. The maximum Gasteiger partial charge on any atom is 0.147 e. The molecule has 0 radical (unpaired) electrons.